The Hall–Kier alpha value is -1.54. The van der Waals surface area contributed by atoms with Gasteiger partial charge in [0.1, 0.15) is 0 Å². The van der Waals surface area contributed by atoms with Crippen molar-refractivity contribution in [2.45, 2.75) is 19.4 Å². The Kier molecular flexibility index (Phi) is 7.11. The second-order valence-electron chi connectivity index (χ2n) is 5.35. The minimum atomic E-state index is -0.480. The summed E-state index contributed by atoms with van der Waals surface area (Å²) in [4.78, 5) is 36.5. The summed E-state index contributed by atoms with van der Waals surface area (Å²) in [5, 5.41) is 2.77. The van der Waals surface area contributed by atoms with Crippen LogP contribution in [0.15, 0.2) is 28.7 Å². The molecule has 0 saturated carbocycles. The van der Waals surface area contributed by atoms with Gasteiger partial charge in [-0.25, -0.2) is 0 Å². The van der Waals surface area contributed by atoms with Crippen molar-refractivity contribution < 1.29 is 19.1 Å². The highest BCUT2D eigenvalue weighted by Gasteiger charge is 2.21. The molecule has 1 unspecified atom stereocenters. The summed E-state index contributed by atoms with van der Waals surface area (Å²) in [6.07, 6.45) is 0.0991. The number of nitrogens with one attached hydrogen (secondary N) is 1. The van der Waals surface area contributed by atoms with Crippen LogP contribution < -0.4 is 5.32 Å². The molecule has 1 aliphatic heterocycles. The van der Waals surface area contributed by atoms with Crippen molar-refractivity contribution in [1.82, 2.24) is 10.2 Å². The summed E-state index contributed by atoms with van der Waals surface area (Å²) in [7, 11) is 0. The van der Waals surface area contributed by atoms with Crippen molar-refractivity contribution in [3.05, 3.63) is 34.3 Å². The highest BCUT2D eigenvalue weighted by molar-refractivity contribution is 9.10. The van der Waals surface area contributed by atoms with Gasteiger partial charge >= 0.3 is 5.97 Å². The average molecular weight is 415 g/mol. The third-order valence-electron chi connectivity index (χ3n) is 3.54. The number of ether oxygens (including phenoxy) is 1. The first-order valence-corrected chi connectivity index (χ1v) is 9.35. The van der Waals surface area contributed by atoms with E-state index in [9.17, 15) is 14.4 Å². The van der Waals surface area contributed by atoms with Crippen LogP contribution in [0.2, 0.25) is 0 Å². The lowest BCUT2D eigenvalue weighted by atomic mass is 10.1. The van der Waals surface area contributed by atoms with E-state index in [0.29, 0.717) is 13.1 Å². The fraction of sp³-hybridized carbons (Fsp3) is 0.438. The Labute approximate surface area is 153 Å². The molecule has 1 N–H and O–H groups in total. The Balaban J connectivity index is 1.67. The number of hydrogen-bond acceptors (Lipinski definition) is 5. The van der Waals surface area contributed by atoms with Gasteiger partial charge in [-0.3, -0.25) is 14.4 Å². The molecule has 8 heteroatoms. The summed E-state index contributed by atoms with van der Waals surface area (Å²) in [5.41, 5.74) is 0.961. The molecule has 1 heterocycles. The van der Waals surface area contributed by atoms with Crippen molar-refractivity contribution in [3.63, 3.8) is 0 Å². The first-order valence-electron chi connectivity index (χ1n) is 7.58. The van der Waals surface area contributed by atoms with Gasteiger partial charge in [-0.05, 0) is 24.6 Å². The van der Waals surface area contributed by atoms with E-state index in [0.717, 1.165) is 15.8 Å². The minimum Gasteiger partial charge on any atom is -0.456 e. The maximum absolute atomic E-state index is 11.8. The van der Waals surface area contributed by atoms with Crippen LogP contribution in [0.1, 0.15) is 24.9 Å². The molecule has 0 aliphatic carbocycles. The van der Waals surface area contributed by atoms with Gasteiger partial charge in [0.2, 0.25) is 0 Å². The number of carbonyl (C=O) groups is 3. The maximum Gasteiger partial charge on any atom is 0.308 e. The van der Waals surface area contributed by atoms with Crippen LogP contribution in [0.5, 0.6) is 0 Å². The number of rotatable bonds is 7. The van der Waals surface area contributed by atoms with E-state index in [1.54, 1.807) is 4.90 Å². The number of hydrogen-bond donors (Lipinski definition) is 1. The first-order chi connectivity index (χ1) is 11.5. The Bertz CT molecular complexity index is 609. The SMILES string of the molecule is CC(NC(=O)COC(=O)CCN1CCSC1=O)c1ccc(Br)cc1. The third kappa shape index (κ3) is 5.83. The number of halogens is 1. The second kappa shape index (κ2) is 9.08. The molecule has 1 aromatic carbocycles. The number of carbonyl (C=O) groups excluding carboxylic acids is 3. The van der Waals surface area contributed by atoms with Crippen molar-refractivity contribution in [1.29, 1.82) is 0 Å². The van der Waals surface area contributed by atoms with Gasteiger partial charge in [0.15, 0.2) is 6.61 Å². The molecule has 1 aliphatic rings. The average Bonchev–Trinajstić information content (AvgIpc) is 2.96. The van der Waals surface area contributed by atoms with E-state index in [1.165, 1.54) is 11.8 Å². The zero-order chi connectivity index (χ0) is 17.5. The molecule has 2 rings (SSSR count). The van der Waals surface area contributed by atoms with Crippen molar-refractivity contribution in [2.75, 3.05) is 25.4 Å². The highest BCUT2D eigenvalue weighted by Crippen LogP contribution is 2.17. The van der Waals surface area contributed by atoms with Crippen LogP contribution >= 0.6 is 27.7 Å². The number of thioether (sulfide) groups is 1. The molecule has 2 amide bonds. The lowest BCUT2D eigenvalue weighted by Gasteiger charge is -2.15. The molecule has 0 aromatic heterocycles. The van der Waals surface area contributed by atoms with Gasteiger partial charge in [0.25, 0.3) is 11.1 Å². The number of nitrogens with zero attached hydrogens (tertiary/aromatic N) is 1. The van der Waals surface area contributed by atoms with E-state index in [-0.39, 0.29) is 30.2 Å². The van der Waals surface area contributed by atoms with E-state index >= 15 is 0 Å². The Morgan fingerprint density at radius 1 is 1.38 bits per heavy atom. The second-order valence-corrected chi connectivity index (χ2v) is 7.31. The molecule has 0 spiro atoms. The fourth-order valence-electron chi connectivity index (χ4n) is 2.19. The lowest BCUT2D eigenvalue weighted by molar-refractivity contribution is -0.148. The molecule has 1 atom stereocenters. The van der Waals surface area contributed by atoms with Gasteiger partial charge in [-0.1, -0.05) is 39.8 Å². The van der Waals surface area contributed by atoms with E-state index < -0.39 is 5.97 Å². The molecule has 1 saturated heterocycles. The molecule has 0 bridgehead atoms. The first kappa shape index (κ1) is 18.8. The van der Waals surface area contributed by atoms with Crippen molar-refractivity contribution in [3.8, 4) is 0 Å². The van der Waals surface area contributed by atoms with Crippen LogP contribution in [-0.4, -0.2) is 47.5 Å². The van der Waals surface area contributed by atoms with Gasteiger partial charge in [0.05, 0.1) is 12.5 Å². The van der Waals surface area contributed by atoms with Crippen LogP contribution in [0.3, 0.4) is 0 Å². The molecule has 130 valence electrons. The standard InChI is InChI=1S/C16H19BrN2O4S/c1-11(12-2-4-13(17)5-3-12)18-14(20)10-23-15(21)6-7-19-8-9-24-16(19)22/h2-5,11H,6-10H2,1H3,(H,18,20). The summed E-state index contributed by atoms with van der Waals surface area (Å²) in [6, 6.07) is 7.44. The predicted octanol–water partition coefficient (Wildman–Crippen LogP) is 2.73. The number of benzene rings is 1. The smallest absolute Gasteiger partial charge is 0.308 e. The van der Waals surface area contributed by atoms with E-state index in [4.69, 9.17) is 4.74 Å². The summed E-state index contributed by atoms with van der Waals surface area (Å²) in [5.74, 6) is -0.0812. The summed E-state index contributed by atoms with van der Waals surface area (Å²) in [6.45, 7) is 2.53. The van der Waals surface area contributed by atoms with Crippen LogP contribution in [0.25, 0.3) is 0 Å². The molecular formula is C16H19BrN2O4S. The monoisotopic (exact) mass is 414 g/mol. The van der Waals surface area contributed by atoms with Gasteiger partial charge in [0, 0.05) is 23.3 Å². The molecule has 1 fully saturated rings. The van der Waals surface area contributed by atoms with Crippen LogP contribution in [0.4, 0.5) is 4.79 Å². The largest absolute Gasteiger partial charge is 0.456 e. The zero-order valence-corrected chi connectivity index (χ0v) is 15.7. The summed E-state index contributed by atoms with van der Waals surface area (Å²) >= 11 is 4.61. The summed E-state index contributed by atoms with van der Waals surface area (Å²) < 4.78 is 5.92. The number of amides is 2. The minimum absolute atomic E-state index is 0.0103. The van der Waals surface area contributed by atoms with Crippen LogP contribution in [-0.2, 0) is 14.3 Å². The third-order valence-corrected chi connectivity index (χ3v) is 4.96. The molecular weight excluding hydrogens is 396 g/mol. The molecule has 0 radical (unpaired) electrons. The highest BCUT2D eigenvalue weighted by atomic mass is 79.9. The predicted molar refractivity (Wildman–Crippen MR) is 95.7 cm³/mol. The van der Waals surface area contributed by atoms with Crippen molar-refractivity contribution >= 4 is 44.8 Å². The lowest BCUT2D eigenvalue weighted by Crippen LogP contribution is -2.32. The van der Waals surface area contributed by atoms with Crippen molar-refractivity contribution in [2.24, 2.45) is 0 Å². The zero-order valence-electron chi connectivity index (χ0n) is 13.3. The van der Waals surface area contributed by atoms with Gasteiger partial charge in [-0.2, -0.15) is 0 Å². The van der Waals surface area contributed by atoms with Crippen LogP contribution in [0, 0.1) is 0 Å². The van der Waals surface area contributed by atoms with Gasteiger partial charge < -0.3 is 15.0 Å². The van der Waals surface area contributed by atoms with Gasteiger partial charge in [-0.15, -0.1) is 0 Å². The quantitative estimate of drug-likeness (QED) is 0.694. The molecule has 6 nitrogen and oxygen atoms in total. The maximum atomic E-state index is 11.8. The van der Waals surface area contributed by atoms with E-state index in [2.05, 4.69) is 21.2 Å². The Morgan fingerprint density at radius 2 is 2.08 bits per heavy atom. The van der Waals surface area contributed by atoms with E-state index in [1.807, 2.05) is 31.2 Å². The fourth-order valence-corrected chi connectivity index (χ4v) is 3.31. The topological polar surface area (TPSA) is 75.7 Å². The Morgan fingerprint density at radius 3 is 2.71 bits per heavy atom. The molecule has 24 heavy (non-hydrogen) atoms. The normalized spacial score (nSPS) is 15.2. The molecule has 1 aromatic rings. The number of esters is 1.